The predicted octanol–water partition coefficient (Wildman–Crippen LogP) is -0.0667. The van der Waals surface area contributed by atoms with Gasteiger partial charge in [0.25, 0.3) is 0 Å². The number of hydrogen-bond donors (Lipinski definition) is 0. The van der Waals surface area contributed by atoms with Crippen molar-refractivity contribution in [1.29, 1.82) is 0 Å². The number of halogens is 1. The van der Waals surface area contributed by atoms with Crippen molar-refractivity contribution in [3.63, 3.8) is 0 Å². The van der Waals surface area contributed by atoms with E-state index in [-0.39, 0.29) is 0 Å². The molecule has 0 spiro atoms. The molecule has 0 atom stereocenters. The number of benzene rings is 2. The van der Waals surface area contributed by atoms with Crippen LogP contribution in [0.3, 0.4) is 0 Å². The van der Waals surface area contributed by atoms with Gasteiger partial charge in [-0.3, -0.25) is 0 Å². The molecule has 0 fully saturated rings. The summed E-state index contributed by atoms with van der Waals surface area (Å²) in [5.41, 5.74) is 3.29. The quantitative estimate of drug-likeness (QED) is 0.584. The molecule has 0 amide bonds. The van der Waals surface area contributed by atoms with E-state index in [4.69, 9.17) is 23.1 Å². The van der Waals surface area contributed by atoms with E-state index < -0.39 is 10.2 Å². The first-order chi connectivity index (χ1) is 10.3. The van der Waals surface area contributed by atoms with E-state index in [1.165, 1.54) is 5.56 Å². The number of hydrogen-bond acceptors (Lipinski definition) is 4. The second-order valence-corrected chi connectivity index (χ2v) is 5.34. The van der Waals surface area contributed by atoms with E-state index in [2.05, 4.69) is 43.3 Å². The zero-order chi connectivity index (χ0) is 16.2. The third-order valence-electron chi connectivity index (χ3n) is 2.89. The molecule has 2 aromatic carbocycles. The third kappa shape index (κ3) is 5.07. The molecule has 1 aromatic heterocycles. The Morgan fingerprint density at radius 3 is 2.00 bits per heavy atom. The fourth-order valence-corrected chi connectivity index (χ4v) is 1.90. The highest BCUT2D eigenvalue weighted by Crippen LogP contribution is 2.24. The first-order valence-corrected chi connectivity index (χ1v) is 7.57. The van der Waals surface area contributed by atoms with Gasteiger partial charge in [0, 0.05) is 12.1 Å². The maximum absolute atomic E-state index is 8.49. The summed E-state index contributed by atoms with van der Waals surface area (Å²) < 4.78 is 39.9. The summed E-state index contributed by atoms with van der Waals surface area (Å²) in [4.78, 5) is 0. The van der Waals surface area contributed by atoms with Gasteiger partial charge in [0.15, 0.2) is 0 Å². The highest BCUT2D eigenvalue weighted by atomic mass is 35.7. The summed E-state index contributed by atoms with van der Waals surface area (Å²) in [5, 5.41) is 1.13. The highest BCUT2D eigenvalue weighted by molar-refractivity contribution is 5.78. The maximum Gasteiger partial charge on any atom is 0.360 e. The van der Waals surface area contributed by atoms with Crippen LogP contribution in [-0.4, -0.2) is 0 Å². The van der Waals surface area contributed by atoms with Crippen LogP contribution in [0.1, 0.15) is 5.56 Å². The normalized spacial score (nSPS) is 11.0. The minimum Gasteiger partial charge on any atom is -0.222 e. The van der Waals surface area contributed by atoms with Gasteiger partial charge in [-0.15, -0.1) is 10.2 Å². The van der Waals surface area contributed by atoms with Crippen LogP contribution < -0.4 is 18.6 Å². The van der Waals surface area contributed by atoms with Gasteiger partial charge in [0.05, 0.1) is 10.9 Å². The zero-order valence-corrected chi connectivity index (χ0v) is 12.4. The lowest BCUT2D eigenvalue weighted by molar-refractivity contribution is -2.00. The van der Waals surface area contributed by atoms with Gasteiger partial charge in [-0.25, -0.2) is 23.1 Å². The number of para-hydroxylation sites is 1. The molecule has 0 bridgehead atoms. The van der Waals surface area contributed by atoms with Crippen LogP contribution in [0, 0.1) is 17.2 Å². The molecule has 22 heavy (non-hydrogen) atoms. The smallest absolute Gasteiger partial charge is 0.222 e. The minimum absolute atomic E-state index is 0.906. The molecule has 0 saturated heterocycles. The van der Waals surface area contributed by atoms with E-state index in [0.717, 1.165) is 22.3 Å². The van der Waals surface area contributed by atoms with Crippen LogP contribution in [0.5, 0.6) is 0 Å². The molecule has 1 heterocycles. The second-order valence-electron chi connectivity index (χ2n) is 4.58. The molecule has 5 nitrogen and oxygen atoms in total. The Labute approximate surface area is 129 Å². The molecule has 114 valence electrons. The summed E-state index contributed by atoms with van der Waals surface area (Å²) >= 11 is 0. The van der Waals surface area contributed by atoms with Gasteiger partial charge < -0.3 is 0 Å². The van der Waals surface area contributed by atoms with Crippen molar-refractivity contribution < 1.29 is 33.3 Å². The van der Waals surface area contributed by atoms with Crippen molar-refractivity contribution in [3.8, 4) is 11.3 Å². The lowest BCUT2D eigenvalue weighted by Gasteiger charge is -2.17. The summed E-state index contributed by atoms with van der Waals surface area (Å²) in [7, 11) is -4.94. The highest BCUT2D eigenvalue weighted by Gasteiger charge is 2.13. The average Bonchev–Trinajstić information content (AvgIpc) is 2.46. The summed E-state index contributed by atoms with van der Waals surface area (Å²) in [5.74, 6) is 0.906. The van der Waals surface area contributed by atoms with Crippen LogP contribution in [0.4, 0.5) is 0 Å². The van der Waals surface area contributed by atoms with Crippen LogP contribution in [0.2, 0.25) is 0 Å². The Hall–Kier alpha value is -2.02. The van der Waals surface area contributed by atoms with Crippen LogP contribution in [0.25, 0.3) is 22.3 Å². The molecule has 0 unspecified atom stereocenters. The number of rotatable bonds is 1. The molecular weight excluding hydrogens is 308 g/mol. The second kappa shape index (κ2) is 6.83. The lowest BCUT2D eigenvalue weighted by atomic mass is 10.1. The molecule has 0 radical (unpaired) electrons. The van der Waals surface area contributed by atoms with Gasteiger partial charge >= 0.3 is 11.3 Å². The van der Waals surface area contributed by atoms with E-state index in [0.29, 0.717) is 0 Å². The Morgan fingerprint density at radius 1 is 0.773 bits per heavy atom. The Balaban J connectivity index is 0.000000309. The SMILES string of the molecule is Cc1ccc(-c2ccc3ccccc3[o+]2)cc1.[O-][Cl+3]([O-])([O-])[O-]. The fourth-order valence-electron chi connectivity index (χ4n) is 1.90. The van der Waals surface area contributed by atoms with Gasteiger partial charge in [-0.1, -0.05) is 29.8 Å². The predicted molar refractivity (Wildman–Crippen MR) is 70.8 cm³/mol. The number of aryl methyl sites for hydroxylation is 1. The average molecular weight is 321 g/mol. The van der Waals surface area contributed by atoms with Crippen LogP contribution in [0.15, 0.2) is 65.1 Å². The molecule has 0 saturated carbocycles. The number of fused-ring (bicyclic) bond motifs is 1. The first kappa shape index (κ1) is 16.4. The van der Waals surface area contributed by atoms with E-state index in [1.54, 1.807) is 0 Å². The van der Waals surface area contributed by atoms with Crippen molar-refractivity contribution in [3.05, 3.63) is 66.2 Å². The van der Waals surface area contributed by atoms with Gasteiger partial charge in [-0.2, -0.15) is 0 Å². The minimum atomic E-state index is -4.94. The van der Waals surface area contributed by atoms with Crippen molar-refractivity contribution in [2.24, 2.45) is 0 Å². The summed E-state index contributed by atoms with van der Waals surface area (Å²) in [6, 6.07) is 20.5. The Kier molecular flexibility index (Phi) is 5.07. The monoisotopic (exact) mass is 320 g/mol. The van der Waals surface area contributed by atoms with E-state index in [9.17, 15) is 0 Å². The largest absolute Gasteiger partial charge is 0.360 e. The molecule has 0 N–H and O–H groups in total. The Morgan fingerprint density at radius 2 is 1.36 bits per heavy atom. The van der Waals surface area contributed by atoms with E-state index in [1.807, 2.05) is 24.3 Å². The lowest BCUT2D eigenvalue weighted by Crippen LogP contribution is -2.68. The first-order valence-electron chi connectivity index (χ1n) is 6.33. The zero-order valence-electron chi connectivity index (χ0n) is 11.7. The summed E-state index contributed by atoms with van der Waals surface area (Å²) in [6.45, 7) is 2.08. The third-order valence-corrected chi connectivity index (χ3v) is 2.89. The molecule has 6 heteroatoms. The van der Waals surface area contributed by atoms with Crippen molar-refractivity contribution in [1.82, 2.24) is 0 Å². The fraction of sp³-hybridized carbons (Fsp3) is 0.0625. The molecule has 0 aliphatic rings. The van der Waals surface area contributed by atoms with Crippen molar-refractivity contribution >= 4 is 11.0 Å². The molecular formula is C16H13ClO5. The standard InChI is InChI=1S/C16H13O.ClHO4/c1-12-6-8-14(9-7-12)16-11-10-13-4-2-3-5-15(13)17-16;2-1(3,4)5/h2-11H,1H3;(H,2,3,4,5)/q+1;/p-1. The van der Waals surface area contributed by atoms with Gasteiger partial charge in [-0.05, 0) is 31.2 Å². The Bertz CT molecular complexity index is 744. The summed E-state index contributed by atoms with van der Waals surface area (Å²) in [6.07, 6.45) is 0. The van der Waals surface area contributed by atoms with Crippen LogP contribution >= 0.6 is 0 Å². The molecule has 0 aliphatic carbocycles. The van der Waals surface area contributed by atoms with Gasteiger partial charge in [0.1, 0.15) is 0 Å². The molecule has 3 rings (SSSR count). The van der Waals surface area contributed by atoms with Crippen molar-refractivity contribution in [2.45, 2.75) is 6.92 Å². The maximum atomic E-state index is 8.49. The van der Waals surface area contributed by atoms with Crippen LogP contribution in [-0.2, 0) is 0 Å². The molecule has 0 aliphatic heterocycles. The molecule has 3 aromatic rings. The topological polar surface area (TPSA) is 104 Å². The van der Waals surface area contributed by atoms with E-state index >= 15 is 0 Å². The van der Waals surface area contributed by atoms with Crippen molar-refractivity contribution in [2.75, 3.05) is 0 Å². The van der Waals surface area contributed by atoms with Gasteiger partial charge in [0.2, 0.25) is 0 Å².